The van der Waals surface area contributed by atoms with Crippen LogP contribution < -0.4 is 19.1 Å². The second kappa shape index (κ2) is 10.0. The van der Waals surface area contributed by atoms with E-state index in [1.54, 1.807) is 14.2 Å². The highest BCUT2D eigenvalue weighted by molar-refractivity contribution is 6.06. The Morgan fingerprint density at radius 2 is 1.24 bits per heavy atom. The van der Waals surface area contributed by atoms with Crippen LogP contribution in [0.1, 0.15) is 5.56 Å². The van der Waals surface area contributed by atoms with Crippen LogP contribution in [-0.2, 0) is 0 Å². The second-order valence-corrected chi connectivity index (χ2v) is 10.0. The summed E-state index contributed by atoms with van der Waals surface area (Å²) in [5, 5.41) is 1.03. The quantitative estimate of drug-likeness (QED) is 0.219. The molecule has 0 atom stereocenters. The summed E-state index contributed by atoms with van der Waals surface area (Å²) in [5.74, 6) is 2.98. The number of hydrogen-bond acceptors (Lipinski definition) is 5. The number of fused-ring (bicyclic) bond motifs is 3. The molecule has 7 rings (SSSR count). The molecule has 0 bridgehead atoms. The summed E-state index contributed by atoms with van der Waals surface area (Å²) in [7, 11) is 3.31. The van der Waals surface area contributed by atoms with E-state index in [1.165, 1.54) is 5.56 Å². The number of methoxy groups -OCH3 is 2. The topological polar surface area (TPSA) is 43.8 Å². The van der Waals surface area contributed by atoms with E-state index in [0.717, 1.165) is 61.8 Å². The van der Waals surface area contributed by atoms with Crippen LogP contribution in [0, 0.1) is 6.92 Å². The monoisotopic (exact) mass is 536 g/mol. The normalized spacial score (nSPS) is 11.9. The van der Waals surface area contributed by atoms with Crippen molar-refractivity contribution in [2.24, 2.45) is 0 Å². The molecule has 5 heteroatoms. The third kappa shape index (κ3) is 4.23. The van der Waals surface area contributed by atoms with Crippen molar-refractivity contribution >= 4 is 28.0 Å². The van der Waals surface area contributed by atoms with E-state index in [9.17, 15) is 0 Å². The van der Waals surface area contributed by atoms with Crippen molar-refractivity contribution in [2.45, 2.75) is 6.92 Å². The average Bonchev–Trinajstić information content (AvgIpc) is 3.03. The summed E-state index contributed by atoms with van der Waals surface area (Å²) < 4.78 is 17.5. The minimum Gasteiger partial charge on any atom is -0.493 e. The van der Waals surface area contributed by atoms with Gasteiger partial charge in [0.2, 0.25) is 0 Å². The smallest absolute Gasteiger partial charge is 0.161 e. The maximum atomic E-state index is 6.30. The molecule has 0 unspecified atom stereocenters. The van der Waals surface area contributed by atoms with E-state index in [4.69, 9.17) is 19.2 Å². The molecule has 0 spiro atoms. The molecule has 200 valence electrons. The Labute approximate surface area is 239 Å². The predicted molar refractivity (Wildman–Crippen MR) is 165 cm³/mol. The van der Waals surface area contributed by atoms with Gasteiger partial charge in [-0.25, -0.2) is 4.98 Å². The van der Waals surface area contributed by atoms with Gasteiger partial charge < -0.3 is 19.1 Å². The van der Waals surface area contributed by atoms with Gasteiger partial charge in [-0.05, 0) is 66.6 Å². The first-order valence-electron chi connectivity index (χ1n) is 13.5. The molecule has 0 saturated carbocycles. The zero-order valence-corrected chi connectivity index (χ0v) is 23.1. The number of aromatic nitrogens is 1. The molecule has 6 aromatic rings. The maximum Gasteiger partial charge on any atom is 0.161 e. The molecular weight excluding hydrogens is 508 g/mol. The number of hydrogen-bond donors (Lipinski definition) is 0. The molecule has 0 fully saturated rings. The van der Waals surface area contributed by atoms with Gasteiger partial charge in [-0.2, -0.15) is 0 Å². The summed E-state index contributed by atoms with van der Waals surface area (Å²) >= 11 is 0. The second-order valence-electron chi connectivity index (χ2n) is 10.0. The van der Waals surface area contributed by atoms with E-state index in [2.05, 4.69) is 78.6 Å². The Balaban J connectivity index is 1.54. The number of para-hydroxylation sites is 5. The molecule has 0 saturated heterocycles. The molecule has 0 aliphatic carbocycles. The third-order valence-corrected chi connectivity index (χ3v) is 7.53. The maximum absolute atomic E-state index is 6.30. The van der Waals surface area contributed by atoms with E-state index in [-0.39, 0.29) is 0 Å². The lowest BCUT2D eigenvalue weighted by Crippen LogP contribution is -2.16. The lowest BCUT2D eigenvalue weighted by molar-refractivity contribution is 0.355. The van der Waals surface area contributed by atoms with Crippen molar-refractivity contribution in [3.63, 3.8) is 0 Å². The van der Waals surface area contributed by atoms with Gasteiger partial charge in [-0.3, -0.25) is 0 Å². The van der Waals surface area contributed by atoms with Gasteiger partial charge in [0.1, 0.15) is 0 Å². The number of aryl methyl sites for hydroxylation is 1. The highest BCUT2D eigenvalue weighted by Gasteiger charge is 2.27. The zero-order chi connectivity index (χ0) is 27.9. The summed E-state index contributed by atoms with van der Waals surface area (Å²) in [6.07, 6.45) is 0. The number of ether oxygens (including phenoxy) is 3. The Hall–Kier alpha value is -5.29. The van der Waals surface area contributed by atoms with Gasteiger partial charge >= 0.3 is 0 Å². The Morgan fingerprint density at radius 1 is 0.610 bits per heavy atom. The lowest BCUT2D eigenvalue weighted by Gasteiger charge is -2.33. The molecule has 1 aliphatic rings. The summed E-state index contributed by atoms with van der Waals surface area (Å²) in [5.41, 5.74) is 9.02. The molecule has 0 N–H and O–H groups in total. The molecule has 5 nitrogen and oxygen atoms in total. The van der Waals surface area contributed by atoms with Crippen LogP contribution in [0.5, 0.6) is 23.0 Å². The first-order chi connectivity index (χ1) is 20.1. The minimum atomic E-state index is 0.680. The fraction of sp³-hybridized carbons (Fsp3) is 0.0833. The van der Waals surface area contributed by atoms with E-state index >= 15 is 0 Å². The zero-order valence-electron chi connectivity index (χ0n) is 23.1. The van der Waals surface area contributed by atoms with Crippen LogP contribution in [-0.4, -0.2) is 19.2 Å². The van der Waals surface area contributed by atoms with Crippen molar-refractivity contribution in [1.29, 1.82) is 0 Å². The van der Waals surface area contributed by atoms with Crippen molar-refractivity contribution in [2.75, 3.05) is 19.1 Å². The van der Waals surface area contributed by atoms with E-state index in [1.807, 2.05) is 48.5 Å². The number of pyridine rings is 1. The van der Waals surface area contributed by atoms with E-state index in [0.29, 0.717) is 11.5 Å². The Bertz CT molecular complexity index is 1870. The number of rotatable bonds is 5. The van der Waals surface area contributed by atoms with Crippen molar-refractivity contribution in [1.82, 2.24) is 4.98 Å². The van der Waals surface area contributed by atoms with Crippen LogP contribution in [0.15, 0.2) is 115 Å². The number of anilines is 3. The van der Waals surface area contributed by atoms with Gasteiger partial charge in [0.25, 0.3) is 0 Å². The molecule has 0 amide bonds. The number of benzene rings is 5. The SMILES string of the molecule is COc1ccc(-c2cc(-c3ccc(C)cc3)nc3c(N4c5ccccc5Oc5ccccc54)cccc23)cc1OC. The Morgan fingerprint density at radius 3 is 1.93 bits per heavy atom. The Kier molecular flexibility index (Phi) is 6.05. The van der Waals surface area contributed by atoms with Crippen LogP contribution in [0.2, 0.25) is 0 Å². The highest BCUT2D eigenvalue weighted by Crippen LogP contribution is 2.52. The fourth-order valence-corrected chi connectivity index (χ4v) is 5.49. The first-order valence-corrected chi connectivity index (χ1v) is 13.5. The van der Waals surface area contributed by atoms with Crippen LogP contribution >= 0.6 is 0 Å². The van der Waals surface area contributed by atoms with Gasteiger partial charge in [-0.15, -0.1) is 0 Å². The van der Waals surface area contributed by atoms with Gasteiger partial charge in [-0.1, -0.05) is 72.3 Å². The average molecular weight is 537 g/mol. The van der Waals surface area contributed by atoms with Crippen molar-refractivity contribution in [3.8, 4) is 45.4 Å². The first kappa shape index (κ1) is 24.7. The summed E-state index contributed by atoms with van der Waals surface area (Å²) in [4.78, 5) is 7.57. The number of nitrogens with zero attached hydrogens (tertiary/aromatic N) is 2. The van der Waals surface area contributed by atoms with Crippen LogP contribution in [0.4, 0.5) is 17.1 Å². The summed E-state index contributed by atoms with van der Waals surface area (Å²) in [6, 6.07) is 39.3. The largest absolute Gasteiger partial charge is 0.493 e. The predicted octanol–water partition coefficient (Wildman–Crippen LogP) is 9.47. The standard InChI is InChI=1S/C36H28N2O3/c1-23-15-17-24(18-16-23)28-22-27(25-19-20-34(39-2)35(21-25)40-3)26-9-8-12-31(36(26)37-28)38-29-10-4-6-13-32(29)41-33-14-7-5-11-30(33)38/h4-22H,1-3H3. The van der Waals surface area contributed by atoms with Crippen molar-refractivity contribution in [3.05, 3.63) is 121 Å². The third-order valence-electron chi connectivity index (χ3n) is 7.53. The molecule has 1 aromatic heterocycles. The van der Waals surface area contributed by atoms with Gasteiger partial charge in [0, 0.05) is 10.9 Å². The molecule has 1 aliphatic heterocycles. The minimum absolute atomic E-state index is 0.680. The summed E-state index contributed by atoms with van der Waals surface area (Å²) in [6.45, 7) is 2.10. The van der Waals surface area contributed by atoms with Crippen molar-refractivity contribution < 1.29 is 14.2 Å². The molecule has 0 radical (unpaired) electrons. The van der Waals surface area contributed by atoms with Crippen LogP contribution in [0.3, 0.4) is 0 Å². The molecule has 5 aromatic carbocycles. The lowest BCUT2D eigenvalue weighted by atomic mass is 9.96. The van der Waals surface area contributed by atoms with Gasteiger partial charge in [0.15, 0.2) is 23.0 Å². The van der Waals surface area contributed by atoms with Gasteiger partial charge in [0.05, 0.1) is 42.5 Å². The fourth-order valence-electron chi connectivity index (χ4n) is 5.49. The highest BCUT2D eigenvalue weighted by atomic mass is 16.5. The van der Waals surface area contributed by atoms with E-state index < -0.39 is 0 Å². The molecule has 2 heterocycles. The molecule has 41 heavy (non-hydrogen) atoms. The molecular formula is C36H28N2O3. The van der Waals surface area contributed by atoms with Crippen LogP contribution in [0.25, 0.3) is 33.3 Å².